The molecule has 0 aliphatic heterocycles. The molecule has 0 saturated carbocycles. The lowest BCUT2D eigenvalue weighted by Crippen LogP contribution is -2.38. The highest BCUT2D eigenvalue weighted by Crippen LogP contribution is 2.26. The Hall–Kier alpha value is -2.83. The Labute approximate surface area is 188 Å². The number of amides is 1. The van der Waals surface area contributed by atoms with Crippen LogP contribution in [-0.2, 0) is 14.8 Å². The van der Waals surface area contributed by atoms with Crippen molar-refractivity contribution in [2.24, 2.45) is 0 Å². The summed E-state index contributed by atoms with van der Waals surface area (Å²) in [7, 11) is -3.98. The fourth-order valence-electron chi connectivity index (χ4n) is 3.07. The van der Waals surface area contributed by atoms with E-state index in [0.717, 1.165) is 15.4 Å². The molecule has 3 aromatic carbocycles. The number of aryl methyl sites for hydroxylation is 1. The molecule has 7 heteroatoms. The lowest BCUT2D eigenvalue weighted by Gasteiger charge is -2.24. The normalized spacial score (nSPS) is 11.4. The fourth-order valence-corrected chi connectivity index (χ4v) is 4.66. The zero-order valence-electron chi connectivity index (χ0n) is 17.7. The number of sulfonamides is 1. The molecular weight excluding hydrogens is 432 g/mol. The van der Waals surface area contributed by atoms with E-state index in [2.05, 4.69) is 19.2 Å². The third kappa shape index (κ3) is 5.66. The van der Waals surface area contributed by atoms with E-state index in [4.69, 9.17) is 11.6 Å². The summed E-state index contributed by atoms with van der Waals surface area (Å²) in [5, 5.41) is 3.16. The minimum absolute atomic E-state index is 0.104. The first-order valence-corrected chi connectivity index (χ1v) is 11.7. The molecule has 0 atom stereocenters. The molecule has 5 nitrogen and oxygen atoms in total. The van der Waals surface area contributed by atoms with E-state index in [1.807, 2.05) is 31.2 Å². The minimum Gasteiger partial charge on any atom is -0.325 e. The average Bonchev–Trinajstić information content (AvgIpc) is 2.72. The number of benzene rings is 3. The Morgan fingerprint density at radius 3 is 2.23 bits per heavy atom. The van der Waals surface area contributed by atoms with Crippen LogP contribution in [0.3, 0.4) is 0 Å². The van der Waals surface area contributed by atoms with E-state index in [0.29, 0.717) is 22.3 Å². The van der Waals surface area contributed by atoms with Crippen LogP contribution in [0.5, 0.6) is 0 Å². The first kappa shape index (κ1) is 22.8. The molecule has 0 aliphatic rings. The van der Waals surface area contributed by atoms with Gasteiger partial charge in [-0.2, -0.15) is 0 Å². The molecule has 0 bridgehead atoms. The van der Waals surface area contributed by atoms with Gasteiger partial charge in [0.2, 0.25) is 5.91 Å². The van der Waals surface area contributed by atoms with Crippen LogP contribution in [0.1, 0.15) is 30.9 Å². The largest absolute Gasteiger partial charge is 0.325 e. The van der Waals surface area contributed by atoms with Crippen molar-refractivity contribution in [1.29, 1.82) is 0 Å². The van der Waals surface area contributed by atoms with E-state index in [1.165, 1.54) is 18.2 Å². The average molecular weight is 457 g/mol. The molecule has 3 rings (SSSR count). The van der Waals surface area contributed by atoms with Crippen molar-refractivity contribution in [2.45, 2.75) is 31.6 Å². The van der Waals surface area contributed by atoms with E-state index in [9.17, 15) is 13.2 Å². The Balaban J connectivity index is 1.89. The molecule has 31 heavy (non-hydrogen) atoms. The highest BCUT2D eigenvalue weighted by Gasteiger charge is 2.27. The van der Waals surface area contributed by atoms with Crippen LogP contribution in [0.15, 0.2) is 77.7 Å². The second-order valence-corrected chi connectivity index (χ2v) is 9.93. The number of carbonyl (C=O) groups excluding carboxylic acids is 1. The SMILES string of the molecule is Cc1ccc(S(=O)(=O)N(CC(=O)Nc2ccc(C(C)C)cc2)c2cccc(Cl)c2)cc1. The van der Waals surface area contributed by atoms with Gasteiger partial charge in [-0.25, -0.2) is 8.42 Å². The van der Waals surface area contributed by atoms with Gasteiger partial charge in [-0.15, -0.1) is 0 Å². The summed E-state index contributed by atoms with van der Waals surface area (Å²) in [6.45, 7) is 5.67. The number of halogens is 1. The van der Waals surface area contributed by atoms with Crippen molar-refractivity contribution in [3.63, 3.8) is 0 Å². The van der Waals surface area contributed by atoms with Crippen molar-refractivity contribution < 1.29 is 13.2 Å². The first-order valence-electron chi connectivity index (χ1n) is 9.91. The Morgan fingerprint density at radius 1 is 1.00 bits per heavy atom. The predicted molar refractivity (Wildman–Crippen MR) is 126 cm³/mol. The summed E-state index contributed by atoms with van der Waals surface area (Å²) < 4.78 is 27.8. The van der Waals surface area contributed by atoms with Gasteiger partial charge in [-0.3, -0.25) is 9.10 Å². The zero-order valence-corrected chi connectivity index (χ0v) is 19.2. The number of nitrogens with zero attached hydrogens (tertiary/aromatic N) is 1. The van der Waals surface area contributed by atoms with Gasteiger partial charge in [0.05, 0.1) is 10.6 Å². The standard InChI is InChI=1S/C24H25ClN2O3S/c1-17(2)19-9-11-21(12-10-19)26-24(28)16-27(22-6-4-5-20(25)15-22)31(29,30)23-13-7-18(3)8-14-23/h4-15,17H,16H2,1-3H3,(H,26,28). The zero-order chi connectivity index (χ0) is 22.6. The van der Waals surface area contributed by atoms with Crippen LogP contribution in [0.25, 0.3) is 0 Å². The number of rotatable bonds is 7. The van der Waals surface area contributed by atoms with Crippen LogP contribution >= 0.6 is 11.6 Å². The number of carbonyl (C=O) groups is 1. The molecule has 0 aromatic heterocycles. The lowest BCUT2D eigenvalue weighted by atomic mass is 10.0. The molecule has 0 saturated heterocycles. The molecule has 0 heterocycles. The minimum atomic E-state index is -3.98. The van der Waals surface area contributed by atoms with Gasteiger partial charge in [0, 0.05) is 10.7 Å². The molecule has 0 aliphatic carbocycles. The molecule has 1 amide bonds. The maximum Gasteiger partial charge on any atom is 0.264 e. The van der Waals surface area contributed by atoms with Gasteiger partial charge in [0.15, 0.2) is 0 Å². The number of anilines is 2. The van der Waals surface area contributed by atoms with Crippen molar-refractivity contribution in [3.8, 4) is 0 Å². The van der Waals surface area contributed by atoms with Crippen molar-refractivity contribution in [2.75, 3.05) is 16.2 Å². The molecule has 162 valence electrons. The van der Waals surface area contributed by atoms with E-state index in [-0.39, 0.29) is 11.4 Å². The topological polar surface area (TPSA) is 66.5 Å². The Morgan fingerprint density at radius 2 is 1.65 bits per heavy atom. The molecule has 0 spiro atoms. The van der Waals surface area contributed by atoms with Gasteiger partial charge in [-0.1, -0.05) is 61.3 Å². The maximum atomic E-state index is 13.4. The van der Waals surface area contributed by atoms with Gasteiger partial charge >= 0.3 is 0 Å². The predicted octanol–water partition coefficient (Wildman–Crippen LogP) is 5.61. The summed E-state index contributed by atoms with van der Waals surface area (Å²) in [4.78, 5) is 12.9. The van der Waals surface area contributed by atoms with Crippen molar-refractivity contribution in [1.82, 2.24) is 0 Å². The van der Waals surface area contributed by atoms with Crippen LogP contribution in [0.4, 0.5) is 11.4 Å². The number of nitrogens with one attached hydrogen (secondary N) is 1. The van der Waals surface area contributed by atoms with Gasteiger partial charge in [0.1, 0.15) is 6.54 Å². The molecular formula is C24H25ClN2O3S. The quantitative estimate of drug-likeness (QED) is 0.502. The van der Waals surface area contributed by atoms with E-state index < -0.39 is 15.9 Å². The smallest absolute Gasteiger partial charge is 0.264 e. The lowest BCUT2D eigenvalue weighted by molar-refractivity contribution is -0.114. The fraction of sp³-hybridized carbons (Fsp3) is 0.208. The monoisotopic (exact) mass is 456 g/mol. The second kappa shape index (κ2) is 9.54. The molecule has 0 fully saturated rings. The summed E-state index contributed by atoms with van der Waals surface area (Å²) in [5.41, 5.74) is 3.02. The summed E-state index contributed by atoms with van der Waals surface area (Å²) in [5.74, 6) is -0.0734. The van der Waals surface area contributed by atoms with E-state index >= 15 is 0 Å². The van der Waals surface area contributed by atoms with Gasteiger partial charge in [-0.05, 0) is 60.9 Å². The third-order valence-corrected chi connectivity index (χ3v) is 6.88. The molecule has 0 unspecified atom stereocenters. The highest BCUT2D eigenvalue weighted by molar-refractivity contribution is 7.92. The Kier molecular flexibility index (Phi) is 7.03. The highest BCUT2D eigenvalue weighted by atomic mass is 35.5. The van der Waals surface area contributed by atoms with Crippen LogP contribution in [0, 0.1) is 6.92 Å². The third-order valence-electron chi connectivity index (χ3n) is 4.85. The second-order valence-electron chi connectivity index (χ2n) is 7.63. The maximum absolute atomic E-state index is 13.4. The number of hydrogen-bond acceptors (Lipinski definition) is 3. The molecule has 1 N–H and O–H groups in total. The first-order chi connectivity index (χ1) is 14.7. The number of hydrogen-bond donors (Lipinski definition) is 1. The Bertz CT molecular complexity index is 1160. The molecule has 0 radical (unpaired) electrons. The summed E-state index contributed by atoms with van der Waals surface area (Å²) >= 11 is 6.09. The van der Waals surface area contributed by atoms with Gasteiger partial charge in [0.25, 0.3) is 10.0 Å². The summed E-state index contributed by atoms with van der Waals surface area (Å²) in [6, 6.07) is 20.5. The van der Waals surface area contributed by atoms with Crippen LogP contribution in [0.2, 0.25) is 5.02 Å². The van der Waals surface area contributed by atoms with Gasteiger partial charge < -0.3 is 5.32 Å². The van der Waals surface area contributed by atoms with Crippen molar-refractivity contribution >= 4 is 38.9 Å². The van der Waals surface area contributed by atoms with Crippen LogP contribution < -0.4 is 9.62 Å². The van der Waals surface area contributed by atoms with Crippen LogP contribution in [-0.4, -0.2) is 20.9 Å². The summed E-state index contributed by atoms with van der Waals surface area (Å²) in [6.07, 6.45) is 0. The van der Waals surface area contributed by atoms with E-state index in [1.54, 1.807) is 30.3 Å². The van der Waals surface area contributed by atoms with Crippen molar-refractivity contribution in [3.05, 3.63) is 88.9 Å². The molecule has 3 aromatic rings.